The van der Waals surface area contributed by atoms with Crippen molar-refractivity contribution < 1.29 is 4.79 Å². The van der Waals surface area contributed by atoms with Gasteiger partial charge < -0.3 is 14.4 Å². The number of hydrogen-bond donors (Lipinski definition) is 0. The first-order valence-electron chi connectivity index (χ1n) is 10.8. The molecule has 5 heterocycles. The number of aromatic nitrogens is 3. The molecule has 30 heavy (non-hydrogen) atoms. The second-order valence-corrected chi connectivity index (χ2v) is 8.77. The molecule has 2 saturated heterocycles. The smallest absolute Gasteiger partial charge is 0.255 e. The van der Waals surface area contributed by atoms with E-state index < -0.39 is 0 Å². The molecule has 0 aliphatic carbocycles. The van der Waals surface area contributed by atoms with Crippen LogP contribution in [0.15, 0.2) is 35.3 Å². The lowest BCUT2D eigenvalue weighted by atomic mass is 9.83. The average molecular weight is 409 g/mol. The normalized spacial score (nSPS) is 23.9. The molecule has 0 N–H and O–H groups in total. The SMILES string of the molecule is CC(=O)N1CCN(Cc2ccc3n(c2=O)C[C@H]2C[C@@H]3CN(c3cccnn3)C2)CC1. The average Bonchev–Trinajstić information content (AvgIpc) is 2.77. The van der Waals surface area contributed by atoms with E-state index in [-0.39, 0.29) is 11.5 Å². The molecule has 0 radical (unpaired) electrons. The van der Waals surface area contributed by atoms with Crippen molar-refractivity contribution in [2.24, 2.45) is 5.92 Å². The summed E-state index contributed by atoms with van der Waals surface area (Å²) in [4.78, 5) is 31.3. The highest BCUT2D eigenvalue weighted by molar-refractivity contribution is 5.73. The molecule has 0 saturated carbocycles. The highest BCUT2D eigenvalue weighted by Gasteiger charge is 2.35. The third-order valence-electron chi connectivity index (χ3n) is 6.78. The molecule has 158 valence electrons. The number of pyridine rings is 1. The second kappa shape index (κ2) is 7.83. The lowest BCUT2D eigenvalue weighted by molar-refractivity contribution is -0.130. The number of piperazine rings is 1. The van der Waals surface area contributed by atoms with Crippen LogP contribution in [0.4, 0.5) is 5.82 Å². The highest BCUT2D eigenvalue weighted by Crippen LogP contribution is 2.36. The molecule has 8 nitrogen and oxygen atoms in total. The maximum atomic E-state index is 13.3. The number of amides is 1. The Morgan fingerprint density at radius 1 is 1.10 bits per heavy atom. The van der Waals surface area contributed by atoms with Crippen molar-refractivity contribution in [3.63, 3.8) is 0 Å². The molecule has 2 bridgehead atoms. The molecule has 2 aromatic heterocycles. The molecular formula is C22H28N6O2. The first-order valence-corrected chi connectivity index (χ1v) is 10.8. The number of nitrogens with zero attached hydrogens (tertiary/aromatic N) is 6. The van der Waals surface area contributed by atoms with Gasteiger partial charge in [-0.25, -0.2) is 0 Å². The van der Waals surface area contributed by atoms with Crippen molar-refractivity contribution in [2.45, 2.75) is 32.4 Å². The summed E-state index contributed by atoms with van der Waals surface area (Å²) in [6.45, 7) is 7.96. The lowest BCUT2D eigenvalue weighted by Crippen LogP contribution is -2.49. The number of fused-ring (bicyclic) bond motifs is 4. The van der Waals surface area contributed by atoms with E-state index in [1.165, 1.54) is 0 Å². The maximum Gasteiger partial charge on any atom is 0.255 e. The third-order valence-corrected chi connectivity index (χ3v) is 6.78. The van der Waals surface area contributed by atoms with E-state index >= 15 is 0 Å². The van der Waals surface area contributed by atoms with Gasteiger partial charge in [-0.2, -0.15) is 5.10 Å². The Balaban J connectivity index is 1.33. The van der Waals surface area contributed by atoms with Crippen LogP contribution in [0.25, 0.3) is 0 Å². The van der Waals surface area contributed by atoms with Gasteiger partial charge in [-0.1, -0.05) is 6.07 Å². The van der Waals surface area contributed by atoms with Crippen LogP contribution in [-0.2, 0) is 17.9 Å². The van der Waals surface area contributed by atoms with E-state index in [0.29, 0.717) is 18.4 Å². The van der Waals surface area contributed by atoms with Gasteiger partial charge >= 0.3 is 0 Å². The van der Waals surface area contributed by atoms with Crippen LogP contribution in [0.5, 0.6) is 0 Å². The first-order chi connectivity index (χ1) is 14.6. The van der Waals surface area contributed by atoms with Crippen molar-refractivity contribution in [1.82, 2.24) is 24.6 Å². The molecule has 0 spiro atoms. The third kappa shape index (κ3) is 3.60. The number of carbonyl (C=O) groups is 1. The summed E-state index contributed by atoms with van der Waals surface area (Å²) in [5.41, 5.74) is 2.17. The van der Waals surface area contributed by atoms with Crippen molar-refractivity contribution >= 4 is 11.7 Å². The Hall–Kier alpha value is -2.74. The number of carbonyl (C=O) groups excluding carboxylic acids is 1. The Bertz CT molecular complexity index is 983. The van der Waals surface area contributed by atoms with E-state index in [4.69, 9.17) is 0 Å². The van der Waals surface area contributed by atoms with Gasteiger partial charge in [-0.3, -0.25) is 14.5 Å². The summed E-state index contributed by atoms with van der Waals surface area (Å²) in [5, 5.41) is 8.30. The first kappa shape index (κ1) is 19.2. The maximum absolute atomic E-state index is 13.3. The summed E-state index contributed by atoms with van der Waals surface area (Å²) in [6, 6.07) is 8.11. The Labute approximate surface area is 176 Å². The van der Waals surface area contributed by atoms with Crippen LogP contribution in [0.1, 0.15) is 30.5 Å². The minimum Gasteiger partial charge on any atom is -0.354 e. The fourth-order valence-electron chi connectivity index (χ4n) is 5.22. The molecule has 5 rings (SSSR count). The minimum atomic E-state index is 0.130. The standard InChI is InChI=1S/C22H28N6O2/c1-16(29)26-9-7-25(8-10-26)14-18-4-5-20-19-11-17(13-28(20)22(18)30)12-27(15-19)21-3-2-6-23-24-21/h2-6,17,19H,7-15H2,1H3/t17-,19+/m0/s1. The zero-order valence-corrected chi connectivity index (χ0v) is 17.4. The van der Waals surface area contributed by atoms with Crippen LogP contribution in [-0.4, -0.2) is 69.7 Å². The number of piperidine rings is 1. The van der Waals surface area contributed by atoms with Crippen molar-refractivity contribution in [1.29, 1.82) is 0 Å². The Morgan fingerprint density at radius 2 is 1.93 bits per heavy atom. The molecule has 2 fully saturated rings. The summed E-state index contributed by atoms with van der Waals surface area (Å²) < 4.78 is 2.02. The van der Waals surface area contributed by atoms with Gasteiger partial charge in [0.25, 0.3) is 5.56 Å². The van der Waals surface area contributed by atoms with Crippen LogP contribution in [0.2, 0.25) is 0 Å². The van der Waals surface area contributed by atoms with E-state index in [1.54, 1.807) is 13.1 Å². The number of hydrogen-bond acceptors (Lipinski definition) is 6. The van der Waals surface area contributed by atoms with Gasteiger partial charge in [-0.15, -0.1) is 5.10 Å². The molecule has 2 atom stereocenters. The largest absolute Gasteiger partial charge is 0.354 e. The van der Waals surface area contributed by atoms with E-state index in [9.17, 15) is 9.59 Å². The van der Waals surface area contributed by atoms with Crippen molar-refractivity contribution in [2.75, 3.05) is 44.2 Å². The van der Waals surface area contributed by atoms with Crippen LogP contribution >= 0.6 is 0 Å². The summed E-state index contributed by atoms with van der Waals surface area (Å²) in [5.74, 6) is 1.85. The lowest BCUT2D eigenvalue weighted by Gasteiger charge is -2.43. The topological polar surface area (TPSA) is 74.6 Å². The fourth-order valence-corrected chi connectivity index (χ4v) is 5.22. The van der Waals surface area contributed by atoms with Crippen LogP contribution < -0.4 is 10.5 Å². The van der Waals surface area contributed by atoms with Gasteiger partial charge in [0.15, 0.2) is 5.82 Å². The van der Waals surface area contributed by atoms with E-state index in [1.807, 2.05) is 27.7 Å². The van der Waals surface area contributed by atoms with Gasteiger partial charge in [0.05, 0.1) is 0 Å². The molecule has 0 unspecified atom stereocenters. The predicted molar refractivity (Wildman–Crippen MR) is 113 cm³/mol. The summed E-state index contributed by atoms with van der Waals surface area (Å²) in [6.07, 6.45) is 2.83. The van der Waals surface area contributed by atoms with Crippen LogP contribution in [0, 0.1) is 5.92 Å². The predicted octanol–water partition coefficient (Wildman–Crippen LogP) is 0.926. The van der Waals surface area contributed by atoms with Gasteiger partial charge in [0, 0.05) is 82.7 Å². The van der Waals surface area contributed by atoms with Gasteiger partial charge in [-0.05, 0) is 30.5 Å². The quantitative estimate of drug-likeness (QED) is 0.752. The summed E-state index contributed by atoms with van der Waals surface area (Å²) >= 11 is 0. The Kier molecular flexibility index (Phi) is 5.02. The molecule has 1 amide bonds. The van der Waals surface area contributed by atoms with E-state index in [2.05, 4.69) is 26.1 Å². The molecule has 3 aliphatic rings. The second-order valence-electron chi connectivity index (χ2n) is 8.77. The number of anilines is 1. The van der Waals surface area contributed by atoms with Gasteiger partial charge in [0.2, 0.25) is 5.91 Å². The van der Waals surface area contributed by atoms with Crippen LogP contribution in [0.3, 0.4) is 0 Å². The molecular weight excluding hydrogens is 380 g/mol. The zero-order valence-electron chi connectivity index (χ0n) is 17.4. The Morgan fingerprint density at radius 3 is 2.67 bits per heavy atom. The molecule has 3 aliphatic heterocycles. The minimum absolute atomic E-state index is 0.130. The van der Waals surface area contributed by atoms with E-state index in [0.717, 1.165) is 69.3 Å². The number of rotatable bonds is 3. The zero-order chi connectivity index (χ0) is 20.7. The monoisotopic (exact) mass is 408 g/mol. The van der Waals surface area contributed by atoms with Crippen molar-refractivity contribution in [3.8, 4) is 0 Å². The molecule has 8 heteroatoms. The van der Waals surface area contributed by atoms with Gasteiger partial charge in [0.1, 0.15) is 0 Å². The van der Waals surface area contributed by atoms with Crippen molar-refractivity contribution in [3.05, 3.63) is 52.1 Å². The molecule has 0 aromatic carbocycles. The highest BCUT2D eigenvalue weighted by atomic mass is 16.2. The fraction of sp³-hybridized carbons (Fsp3) is 0.545. The molecule has 2 aromatic rings. The summed E-state index contributed by atoms with van der Waals surface area (Å²) in [7, 11) is 0.